The van der Waals surface area contributed by atoms with Crippen molar-refractivity contribution in [2.75, 3.05) is 19.6 Å². The Bertz CT molecular complexity index is 6100. The van der Waals surface area contributed by atoms with E-state index in [-0.39, 0.29) is 0 Å². The van der Waals surface area contributed by atoms with Gasteiger partial charge < -0.3 is 19.6 Å². The molecule has 18 aromatic rings. The van der Waals surface area contributed by atoms with Crippen LogP contribution in [0, 0.1) is 27.7 Å². The van der Waals surface area contributed by atoms with Crippen LogP contribution < -0.4 is 19.6 Å². The van der Waals surface area contributed by atoms with Gasteiger partial charge in [-0.3, -0.25) is 0 Å². The van der Waals surface area contributed by atoms with E-state index in [1.54, 1.807) is 0 Å². The number of hydrogen-bond acceptors (Lipinski definition) is 6. The van der Waals surface area contributed by atoms with Crippen molar-refractivity contribution in [3.05, 3.63) is 350 Å². The van der Waals surface area contributed by atoms with Crippen LogP contribution in [0.4, 0.5) is 68.2 Å². The van der Waals surface area contributed by atoms with Crippen LogP contribution in [-0.2, 0) is 0 Å². The van der Waals surface area contributed by atoms with E-state index in [1.807, 2.05) is 22.7 Å². The van der Waals surface area contributed by atoms with Crippen LogP contribution in [0.25, 0.3) is 94.6 Å². The highest BCUT2D eigenvalue weighted by Crippen LogP contribution is 2.49. The van der Waals surface area contributed by atoms with E-state index in [2.05, 4.69) is 375 Å². The second-order valence-corrected chi connectivity index (χ2v) is 28.2. The lowest BCUT2D eigenvalue weighted by molar-refractivity contribution is 1.27. The zero-order chi connectivity index (χ0) is 65.5. The lowest BCUT2D eigenvalue weighted by Gasteiger charge is -2.27. The molecule has 0 fully saturated rings. The largest absolute Gasteiger partial charge is 0.310 e. The molecule has 4 nitrogen and oxygen atoms in total. The lowest BCUT2D eigenvalue weighted by atomic mass is 9.97. The van der Waals surface area contributed by atoms with Crippen LogP contribution in [-0.4, -0.2) is 0 Å². The standard InChI is InChI=1S/C92H66N4S2/c1-59-23-33-71(34-24-59)93(68-16-8-5-9-17-68)76-40-45-81-64(55-76)29-49-85-89(81)90-82-46-41-77(56-65(82)30-50-86(90)97-85)94(72-35-25-60(2)26-36-72)73-37-27-63(28-38-73)80-44-39-75(54-62(80)4)96(70-20-12-7-13-21-70)79-43-48-84-67(58-79)32-52-88-92(84)91-83-47-42-78(57-66(83)31-51-87(91)98-88)95(69-18-10-6-11-19-69)74-22-14-15-61(3)53-74/h5-58H,1-4H3. The molecule has 2 heterocycles. The van der Waals surface area contributed by atoms with Crippen molar-refractivity contribution in [3.63, 3.8) is 0 Å². The zero-order valence-electron chi connectivity index (χ0n) is 54.8. The highest BCUT2D eigenvalue weighted by molar-refractivity contribution is 7.26. The molecule has 98 heavy (non-hydrogen) atoms. The SMILES string of the molecule is Cc1ccc(N(c2ccccc2)c2ccc3c(ccc4sc5ccc6cc(N(c7ccc(C)cc7)c7ccc(-c8ccc(N(c9ccccc9)c9ccc%10c(ccc%11sc%12ccc%13cc(N(c%14ccccc%14)c%14cccc(C)c%14)ccc%13c%12c%11%10)c9)cc8C)cc7)ccc6c5c43)c2)cc1. The van der Waals surface area contributed by atoms with Crippen LogP contribution in [0.1, 0.15) is 22.3 Å². The molecule has 0 aliphatic heterocycles. The first kappa shape index (κ1) is 58.8. The Morgan fingerprint density at radius 3 is 0.837 bits per heavy atom. The Labute approximate surface area is 578 Å². The highest BCUT2D eigenvalue weighted by atomic mass is 32.1. The number of benzene rings is 16. The number of aryl methyl sites for hydroxylation is 4. The second kappa shape index (κ2) is 24.1. The van der Waals surface area contributed by atoms with Gasteiger partial charge in [0, 0.05) is 109 Å². The molecule has 0 aliphatic rings. The van der Waals surface area contributed by atoms with Crippen molar-refractivity contribution >= 4 is 174 Å². The summed E-state index contributed by atoms with van der Waals surface area (Å²) in [5, 5.41) is 15.1. The molecule has 0 saturated carbocycles. The Morgan fingerprint density at radius 1 is 0.204 bits per heavy atom. The summed E-state index contributed by atoms with van der Waals surface area (Å²) in [6, 6.07) is 121. The maximum Gasteiger partial charge on any atom is 0.0468 e. The third-order valence-electron chi connectivity index (χ3n) is 19.6. The Balaban J connectivity index is 0.670. The summed E-state index contributed by atoms with van der Waals surface area (Å²) in [5.41, 5.74) is 20.7. The first-order valence-corrected chi connectivity index (χ1v) is 35.2. The number of para-hydroxylation sites is 3. The average Bonchev–Trinajstić information content (AvgIpc) is 1.54. The van der Waals surface area contributed by atoms with Gasteiger partial charge in [0.15, 0.2) is 0 Å². The Kier molecular flexibility index (Phi) is 14.5. The molecule has 0 spiro atoms. The molecule has 0 amide bonds. The predicted octanol–water partition coefficient (Wildman–Crippen LogP) is 27.8. The van der Waals surface area contributed by atoms with Gasteiger partial charge in [-0.2, -0.15) is 0 Å². The molecular formula is C92H66N4S2. The fourth-order valence-corrected chi connectivity index (χ4v) is 17.2. The molecule has 0 aliphatic carbocycles. The fourth-order valence-electron chi connectivity index (χ4n) is 14.9. The maximum atomic E-state index is 2.40. The predicted molar refractivity (Wildman–Crippen MR) is 425 cm³/mol. The molecule has 0 radical (unpaired) electrons. The minimum Gasteiger partial charge on any atom is -0.310 e. The van der Waals surface area contributed by atoms with E-state index in [0.717, 1.165) is 68.2 Å². The van der Waals surface area contributed by atoms with Crippen molar-refractivity contribution < 1.29 is 0 Å². The topological polar surface area (TPSA) is 13.0 Å². The molecule has 0 unspecified atom stereocenters. The summed E-state index contributed by atoms with van der Waals surface area (Å²) in [6.07, 6.45) is 0. The number of fused-ring (bicyclic) bond motifs is 14. The molecular weight excluding hydrogens is 1230 g/mol. The molecule has 18 rings (SSSR count). The van der Waals surface area contributed by atoms with E-state index in [1.165, 1.54) is 117 Å². The first-order chi connectivity index (χ1) is 48.2. The number of thiophene rings is 2. The summed E-state index contributed by atoms with van der Waals surface area (Å²) in [6.45, 7) is 8.71. The van der Waals surface area contributed by atoms with E-state index in [0.29, 0.717) is 0 Å². The molecule has 6 heteroatoms. The third kappa shape index (κ3) is 10.4. The molecule has 466 valence electrons. The van der Waals surface area contributed by atoms with Crippen LogP contribution in [0.3, 0.4) is 0 Å². The molecule has 0 atom stereocenters. The Hall–Kier alpha value is -11.8. The van der Waals surface area contributed by atoms with Crippen LogP contribution >= 0.6 is 22.7 Å². The number of anilines is 12. The van der Waals surface area contributed by atoms with Crippen molar-refractivity contribution in [2.45, 2.75) is 27.7 Å². The molecule has 2 aromatic heterocycles. The molecule has 0 saturated heterocycles. The number of nitrogens with zero attached hydrogens (tertiary/aromatic N) is 4. The van der Waals surface area contributed by atoms with Gasteiger partial charge in [0.25, 0.3) is 0 Å². The van der Waals surface area contributed by atoms with E-state index < -0.39 is 0 Å². The minimum atomic E-state index is 1.09. The normalized spacial score (nSPS) is 11.7. The van der Waals surface area contributed by atoms with Gasteiger partial charge in [0.2, 0.25) is 0 Å². The molecule has 16 aromatic carbocycles. The van der Waals surface area contributed by atoms with Crippen molar-refractivity contribution in [3.8, 4) is 11.1 Å². The fraction of sp³-hybridized carbons (Fsp3) is 0.0435. The second-order valence-electron chi connectivity index (χ2n) is 26.0. The molecule has 0 N–H and O–H groups in total. The van der Waals surface area contributed by atoms with E-state index in [9.17, 15) is 0 Å². The summed E-state index contributed by atoms with van der Waals surface area (Å²) in [4.78, 5) is 9.52. The molecule has 0 bridgehead atoms. The van der Waals surface area contributed by atoms with Crippen LogP contribution in [0.5, 0.6) is 0 Å². The van der Waals surface area contributed by atoms with Gasteiger partial charge in [0.1, 0.15) is 0 Å². The lowest BCUT2D eigenvalue weighted by Crippen LogP contribution is -2.10. The van der Waals surface area contributed by atoms with Crippen molar-refractivity contribution in [1.82, 2.24) is 0 Å². The average molecular weight is 1290 g/mol. The van der Waals surface area contributed by atoms with Gasteiger partial charge in [0.05, 0.1) is 0 Å². The van der Waals surface area contributed by atoms with Gasteiger partial charge in [-0.05, 0) is 263 Å². The maximum absolute atomic E-state index is 2.40. The van der Waals surface area contributed by atoms with Gasteiger partial charge in [-0.15, -0.1) is 22.7 Å². The number of rotatable bonds is 13. The summed E-state index contributed by atoms with van der Waals surface area (Å²) < 4.78 is 5.18. The van der Waals surface area contributed by atoms with Crippen LogP contribution in [0.2, 0.25) is 0 Å². The smallest absolute Gasteiger partial charge is 0.0468 e. The van der Waals surface area contributed by atoms with Gasteiger partial charge in [-0.1, -0.05) is 169 Å². The van der Waals surface area contributed by atoms with Gasteiger partial charge >= 0.3 is 0 Å². The summed E-state index contributed by atoms with van der Waals surface area (Å²) >= 11 is 3.76. The highest BCUT2D eigenvalue weighted by Gasteiger charge is 2.23. The summed E-state index contributed by atoms with van der Waals surface area (Å²) in [7, 11) is 0. The Morgan fingerprint density at radius 2 is 0.490 bits per heavy atom. The van der Waals surface area contributed by atoms with Crippen molar-refractivity contribution in [1.29, 1.82) is 0 Å². The van der Waals surface area contributed by atoms with E-state index >= 15 is 0 Å². The van der Waals surface area contributed by atoms with Gasteiger partial charge in [-0.25, -0.2) is 0 Å². The van der Waals surface area contributed by atoms with Crippen molar-refractivity contribution in [2.24, 2.45) is 0 Å². The monoisotopic (exact) mass is 1290 g/mol. The van der Waals surface area contributed by atoms with Crippen LogP contribution in [0.15, 0.2) is 328 Å². The zero-order valence-corrected chi connectivity index (χ0v) is 56.4. The summed E-state index contributed by atoms with van der Waals surface area (Å²) in [5.74, 6) is 0. The number of hydrogen-bond donors (Lipinski definition) is 0. The minimum absolute atomic E-state index is 1.09. The third-order valence-corrected chi connectivity index (χ3v) is 21.9. The van der Waals surface area contributed by atoms with E-state index in [4.69, 9.17) is 0 Å². The first-order valence-electron chi connectivity index (χ1n) is 33.6. The quantitative estimate of drug-likeness (QED) is 0.114.